The van der Waals surface area contributed by atoms with E-state index in [0.717, 1.165) is 7.11 Å². The summed E-state index contributed by atoms with van der Waals surface area (Å²) in [5.74, 6) is -1.31. The fourth-order valence-electron chi connectivity index (χ4n) is 2.92. The molecule has 0 fully saturated rings. The number of ether oxygens (including phenoxy) is 5. The Balaban J connectivity index is 2.35. The minimum Gasteiger partial charge on any atom is -0.437 e. The normalized spacial score (nSPS) is 15.6. The van der Waals surface area contributed by atoms with E-state index in [4.69, 9.17) is 42.1 Å². The second kappa shape index (κ2) is 11.6. The van der Waals surface area contributed by atoms with Crippen molar-refractivity contribution >= 4 is 41.5 Å². The van der Waals surface area contributed by atoms with Crippen LogP contribution < -0.4 is 5.32 Å². The van der Waals surface area contributed by atoms with Crippen molar-refractivity contribution in [1.82, 2.24) is 5.32 Å². The number of hydrogen-bond donors (Lipinski definition) is 1. The van der Waals surface area contributed by atoms with Crippen LogP contribution in [0.1, 0.15) is 45.1 Å². The van der Waals surface area contributed by atoms with E-state index in [2.05, 4.69) is 10.1 Å². The summed E-state index contributed by atoms with van der Waals surface area (Å²) in [7, 11) is 1.16. The molecule has 174 valence electrons. The lowest BCUT2D eigenvalue weighted by atomic mass is 9.90. The van der Waals surface area contributed by atoms with Gasteiger partial charge in [0.1, 0.15) is 17.4 Å². The Morgan fingerprint density at radius 1 is 1.00 bits per heavy atom. The van der Waals surface area contributed by atoms with Gasteiger partial charge in [0.25, 0.3) is 0 Å². The summed E-state index contributed by atoms with van der Waals surface area (Å²) in [5.41, 5.74) is 1.30. The summed E-state index contributed by atoms with van der Waals surface area (Å²) < 4.78 is 25.0. The molecule has 9 nitrogen and oxygen atoms in total. The van der Waals surface area contributed by atoms with Crippen LogP contribution in [0.4, 0.5) is 9.59 Å². The lowest BCUT2D eigenvalue weighted by molar-refractivity contribution is -0.153. The monoisotopic (exact) mass is 487 g/mol. The van der Waals surface area contributed by atoms with E-state index in [9.17, 15) is 14.4 Å². The minimum absolute atomic E-state index is 0.0450. The van der Waals surface area contributed by atoms with Crippen LogP contribution >= 0.6 is 23.2 Å². The Labute approximate surface area is 195 Å². The number of rotatable bonds is 7. The van der Waals surface area contributed by atoms with Gasteiger partial charge in [-0.05, 0) is 31.9 Å². The number of halogens is 2. The summed E-state index contributed by atoms with van der Waals surface area (Å²) >= 11 is 12.6. The highest BCUT2D eigenvalue weighted by Gasteiger charge is 2.37. The average Bonchev–Trinajstić information content (AvgIpc) is 2.74. The highest BCUT2D eigenvalue weighted by Crippen LogP contribution is 2.43. The van der Waals surface area contributed by atoms with Gasteiger partial charge in [-0.3, -0.25) is 4.79 Å². The number of benzene rings is 1. The number of methoxy groups -OCH3 is 1. The van der Waals surface area contributed by atoms with E-state index in [0.29, 0.717) is 23.4 Å². The van der Waals surface area contributed by atoms with Crippen molar-refractivity contribution < 1.29 is 38.1 Å². The summed E-state index contributed by atoms with van der Waals surface area (Å²) in [6.45, 7) is 4.51. The standard InChI is InChI=1S/C21H23Cl2NO8/c1-5-7-15(25)29-10-30-21(27)32-19-12(3)24-11(2)18(31-20(26)28-4)16(19)13-8-6-9-14(22)17(13)23/h6,8-9,16,24H,5,7,10H2,1-4H3/t16-/m0/s1. The van der Waals surface area contributed by atoms with Gasteiger partial charge in [-0.1, -0.05) is 42.3 Å². The number of esters is 1. The Bertz CT molecular complexity index is 957. The lowest BCUT2D eigenvalue weighted by Crippen LogP contribution is -2.29. The van der Waals surface area contributed by atoms with Crippen molar-refractivity contribution in [2.75, 3.05) is 13.9 Å². The van der Waals surface area contributed by atoms with Crippen molar-refractivity contribution in [2.24, 2.45) is 0 Å². The molecule has 1 atom stereocenters. The van der Waals surface area contributed by atoms with E-state index in [1.54, 1.807) is 32.0 Å². The molecule has 0 spiro atoms. The molecule has 1 aromatic carbocycles. The molecule has 1 aliphatic rings. The Morgan fingerprint density at radius 2 is 1.62 bits per heavy atom. The molecule has 0 aromatic heterocycles. The van der Waals surface area contributed by atoms with Gasteiger partial charge >= 0.3 is 18.3 Å². The zero-order valence-electron chi connectivity index (χ0n) is 18.0. The van der Waals surface area contributed by atoms with Crippen molar-refractivity contribution in [3.05, 3.63) is 56.7 Å². The molecule has 0 aliphatic carbocycles. The fraction of sp³-hybridized carbons (Fsp3) is 0.381. The third kappa shape index (κ3) is 6.30. The van der Waals surface area contributed by atoms with Crippen LogP contribution in [0.5, 0.6) is 0 Å². The number of allylic oxidation sites excluding steroid dienone is 2. The van der Waals surface area contributed by atoms with Gasteiger partial charge in [0.15, 0.2) is 0 Å². The highest BCUT2D eigenvalue weighted by molar-refractivity contribution is 6.42. The molecular formula is C21H23Cl2NO8. The van der Waals surface area contributed by atoms with Gasteiger partial charge in [-0.25, -0.2) is 9.59 Å². The molecule has 1 heterocycles. The van der Waals surface area contributed by atoms with Crippen molar-refractivity contribution in [3.8, 4) is 0 Å². The van der Waals surface area contributed by atoms with Crippen LogP contribution in [0.3, 0.4) is 0 Å². The molecule has 1 aromatic rings. The Morgan fingerprint density at radius 3 is 2.22 bits per heavy atom. The van der Waals surface area contributed by atoms with Crippen LogP contribution in [0, 0.1) is 0 Å². The predicted octanol–water partition coefficient (Wildman–Crippen LogP) is 5.38. The SMILES string of the molecule is CCCC(=O)OCOC(=O)OC1=C(C)NC(C)=C(OC(=O)OC)[C@@H]1c1cccc(Cl)c1Cl. The third-order valence-electron chi connectivity index (χ3n) is 4.34. The van der Waals surface area contributed by atoms with E-state index < -0.39 is 31.0 Å². The predicted molar refractivity (Wildman–Crippen MR) is 115 cm³/mol. The first-order chi connectivity index (χ1) is 15.2. The maximum absolute atomic E-state index is 12.3. The molecule has 0 unspecified atom stereocenters. The van der Waals surface area contributed by atoms with Gasteiger partial charge in [-0.2, -0.15) is 0 Å². The van der Waals surface area contributed by atoms with Crippen molar-refractivity contribution in [1.29, 1.82) is 0 Å². The fourth-order valence-corrected chi connectivity index (χ4v) is 3.34. The molecule has 0 saturated carbocycles. The van der Waals surface area contributed by atoms with E-state index in [1.807, 2.05) is 6.92 Å². The first kappa shape index (κ1) is 25.4. The first-order valence-corrected chi connectivity index (χ1v) is 10.3. The summed E-state index contributed by atoms with van der Waals surface area (Å²) in [5, 5.41) is 3.40. The lowest BCUT2D eigenvalue weighted by Gasteiger charge is -2.30. The van der Waals surface area contributed by atoms with Crippen LogP contribution in [-0.4, -0.2) is 32.2 Å². The molecule has 0 saturated heterocycles. The van der Waals surface area contributed by atoms with Crippen LogP contribution in [0.25, 0.3) is 0 Å². The Hall–Kier alpha value is -2.91. The quantitative estimate of drug-likeness (QED) is 0.307. The third-order valence-corrected chi connectivity index (χ3v) is 5.17. The molecule has 0 bridgehead atoms. The van der Waals surface area contributed by atoms with Crippen LogP contribution in [-0.2, 0) is 28.5 Å². The van der Waals surface area contributed by atoms with Gasteiger partial charge in [0.05, 0.1) is 28.5 Å². The molecule has 1 aliphatic heterocycles. The molecular weight excluding hydrogens is 465 g/mol. The van der Waals surface area contributed by atoms with Gasteiger partial charge in [-0.15, -0.1) is 0 Å². The van der Waals surface area contributed by atoms with Gasteiger partial charge < -0.3 is 29.0 Å². The number of dihydropyridines is 1. The highest BCUT2D eigenvalue weighted by atomic mass is 35.5. The molecule has 0 radical (unpaired) electrons. The van der Waals surface area contributed by atoms with E-state index >= 15 is 0 Å². The molecule has 2 rings (SSSR count). The summed E-state index contributed by atoms with van der Waals surface area (Å²) in [4.78, 5) is 35.6. The second-order valence-electron chi connectivity index (χ2n) is 6.62. The average molecular weight is 488 g/mol. The molecule has 1 N–H and O–H groups in total. The van der Waals surface area contributed by atoms with Crippen molar-refractivity contribution in [3.63, 3.8) is 0 Å². The van der Waals surface area contributed by atoms with Crippen LogP contribution in [0.2, 0.25) is 10.0 Å². The minimum atomic E-state index is -1.13. The zero-order chi connectivity index (χ0) is 23.8. The van der Waals surface area contributed by atoms with E-state index in [1.165, 1.54) is 0 Å². The maximum Gasteiger partial charge on any atom is 0.516 e. The smallest absolute Gasteiger partial charge is 0.437 e. The number of hydrogen-bond acceptors (Lipinski definition) is 9. The van der Waals surface area contributed by atoms with Crippen molar-refractivity contribution in [2.45, 2.75) is 39.5 Å². The number of nitrogens with one attached hydrogen (secondary N) is 1. The molecule has 0 amide bonds. The Kier molecular flexibility index (Phi) is 9.22. The second-order valence-corrected chi connectivity index (χ2v) is 7.40. The maximum atomic E-state index is 12.3. The van der Waals surface area contributed by atoms with Crippen LogP contribution in [0.15, 0.2) is 41.1 Å². The summed E-state index contributed by atoms with van der Waals surface area (Å²) in [6.07, 6.45) is -1.32. The number of carbonyl (C=O) groups is 3. The largest absolute Gasteiger partial charge is 0.516 e. The molecule has 32 heavy (non-hydrogen) atoms. The topological polar surface area (TPSA) is 109 Å². The number of carbonyl (C=O) groups excluding carboxylic acids is 3. The van der Waals surface area contributed by atoms with Gasteiger partial charge in [0, 0.05) is 6.42 Å². The van der Waals surface area contributed by atoms with E-state index in [-0.39, 0.29) is 28.0 Å². The molecule has 11 heteroatoms. The first-order valence-electron chi connectivity index (χ1n) is 9.58. The van der Waals surface area contributed by atoms with Gasteiger partial charge in [0.2, 0.25) is 6.79 Å². The zero-order valence-corrected chi connectivity index (χ0v) is 19.5. The summed E-state index contributed by atoms with van der Waals surface area (Å²) in [6, 6.07) is 4.88.